The lowest BCUT2D eigenvalue weighted by Crippen LogP contribution is -2.32. The molecular weight excluding hydrogens is 256 g/mol. The number of hydrazone groups is 1. The summed E-state index contributed by atoms with van der Waals surface area (Å²) < 4.78 is 0. The van der Waals surface area contributed by atoms with Crippen LogP contribution in [-0.4, -0.2) is 22.9 Å². The van der Waals surface area contributed by atoms with Gasteiger partial charge < -0.3 is 10.3 Å². The van der Waals surface area contributed by atoms with Crippen LogP contribution in [0.25, 0.3) is 10.9 Å². The van der Waals surface area contributed by atoms with Gasteiger partial charge in [0.25, 0.3) is 0 Å². The van der Waals surface area contributed by atoms with Gasteiger partial charge in [-0.15, -0.1) is 0 Å². The zero-order valence-electron chi connectivity index (χ0n) is 10.9. The molecule has 1 aromatic heterocycles. The van der Waals surface area contributed by atoms with Crippen molar-refractivity contribution in [3.8, 4) is 0 Å². The molecule has 0 unspecified atom stereocenters. The van der Waals surface area contributed by atoms with E-state index in [1.54, 1.807) is 6.21 Å². The second kappa shape index (κ2) is 6.89. The molecule has 0 radical (unpaired) electrons. The molecule has 0 bridgehead atoms. The fourth-order valence-electron chi connectivity index (χ4n) is 1.78. The molecule has 2 rings (SSSR count). The molecule has 0 saturated carbocycles. The van der Waals surface area contributed by atoms with Crippen molar-refractivity contribution < 1.29 is 0 Å². The van der Waals surface area contributed by atoms with E-state index >= 15 is 0 Å². The summed E-state index contributed by atoms with van der Waals surface area (Å²) in [5.41, 5.74) is 4.97. The minimum absolute atomic E-state index is 0.560. The standard InChI is InChI=1S/C14H18N4S/c1-2-3-8-15-14(19)18-17-10-11-9-16-13-7-5-4-6-12(11)13/h4-7,9-10,16H,2-3,8H2,1H3,(H2,15,18,19)/b17-10+. The van der Waals surface area contributed by atoms with Gasteiger partial charge in [-0.3, -0.25) is 5.43 Å². The third-order valence-electron chi connectivity index (χ3n) is 2.81. The number of unbranched alkanes of at least 4 members (excludes halogenated alkanes) is 1. The highest BCUT2D eigenvalue weighted by molar-refractivity contribution is 7.80. The summed E-state index contributed by atoms with van der Waals surface area (Å²) in [4.78, 5) is 3.20. The van der Waals surface area contributed by atoms with E-state index in [1.165, 1.54) is 0 Å². The minimum atomic E-state index is 0.560. The Morgan fingerprint density at radius 1 is 1.42 bits per heavy atom. The molecule has 0 fully saturated rings. The van der Waals surface area contributed by atoms with Crippen LogP contribution in [0, 0.1) is 0 Å². The Hall–Kier alpha value is -1.88. The van der Waals surface area contributed by atoms with Gasteiger partial charge >= 0.3 is 0 Å². The van der Waals surface area contributed by atoms with E-state index in [0.717, 1.165) is 35.9 Å². The third kappa shape index (κ3) is 3.79. The highest BCUT2D eigenvalue weighted by Crippen LogP contribution is 2.15. The number of aromatic nitrogens is 1. The van der Waals surface area contributed by atoms with Gasteiger partial charge in [-0.05, 0) is 24.7 Å². The van der Waals surface area contributed by atoms with Crippen LogP contribution < -0.4 is 10.7 Å². The summed E-state index contributed by atoms with van der Waals surface area (Å²) in [5, 5.41) is 8.95. The molecule has 4 nitrogen and oxygen atoms in total. The fraction of sp³-hybridized carbons (Fsp3) is 0.286. The number of hydrogen-bond acceptors (Lipinski definition) is 2. The summed E-state index contributed by atoms with van der Waals surface area (Å²) in [6.07, 6.45) is 5.96. The Morgan fingerprint density at radius 2 is 2.26 bits per heavy atom. The molecule has 0 aliphatic carbocycles. The number of benzene rings is 1. The van der Waals surface area contributed by atoms with Gasteiger partial charge in [-0.2, -0.15) is 5.10 Å². The zero-order chi connectivity index (χ0) is 13.5. The number of nitrogens with zero attached hydrogens (tertiary/aromatic N) is 1. The predicted molar refractivity (Wildman–Crippen MR) is 84.5 cm³/mol. The van der Waals surface area contributed by atoms with Crippen LogP contribution in [0.4, 0.5) is 0 Å². The van der Waals surface area contributed by atoms with E-state index in [1.807, 2.05) is 24.4 Å². The van der Waals surface area contributed by atoms with Crippen LogP contribution in [-0.2, 0) is 0 Å². The number of nitrogens with one attached hydrogen (secondary N) is 3. The van der Waals surface area contributed by atoms with Crippen molar-refractivity contribution in [2.24, 2.45) is 5.10 Å². The number of thiocarbonyl (C=S) groups is 1. The van der Waals surface area contributed by atoms with E-state index in [0.29, 0.717) is 5.11 Å². The van der Waals surface area contributed by atoms with Gasteiger partial charge in [0.1, 0.15) is 0 Å². The zero-order valence-corrected chi connectivity index (χ0v) is 11.8. The lowest BCUT2D eigenvalue weighted by Gasteiger charge is -2.04. The molecule has 0 atom stereocenters. The highest BCUT2D eigenvalue weighted by Gasteiger charge is 1.99. The summed E-state index contributed by atoms with van der Waals surface area (Å²) in [5.74, 6) is 0. The van der Waals surface area contributed by atoms with Crippen LogP contribution in [0.15, 0.2) is 35.6 Å². The van der Waals surface area contributed by atoms with E-state index in [9.17, 15) is 0 Å². The van der Waals surface area contributed by atoms with E-state index in [2.05, 4.69) is 33.8 Å². The Balaban J connectivity index is 1.90. The lowest BCUT2D eigenvalue weighted by molar-refractivity contribution is 0.745. The predicted octanol–water partition coefficient (Wildman–Crippen LogP) is 2.77. The Labute approximate surface area is 118 Å². The van der Waals surface area contributed by atoms with Crippen LogP contribution in [0.5, 0.6) is 0 Å². The van der Waals surface area contributed by atoms with Crippen molar-refractivity contribution in [3.63, 3.8) is 0 Å². The molecule has 100 valence electrons. The number of hydrogen-bond donors (Lipinski definition) is 3. The molecule has 1 heterocycles. The van der Waals surface area contributed by atoms with Gasteiger partial charge in [-0.1, -0.05) is 31.5 Å². The maximum absolute atomic E-state index is 5.11. The number of fused-ring (bicyclic) bond motifs is 1. The van der Waals surface area contributed by atoms with Crippen LogP contribution in [0.1, 0.15) is 25.3 Å². The number of para-hydroxylation sites is 1. The largest absolute Gasteiger partial charge is 0.361 e. The molecule has 0 saturated heterocycles. The molecular formula is C14H18N4S. The Bertz CT molecular complexity index is 574. The number of aromatic amines is 1. The summed E-state index contributed by atoms with van der Waals surface area (Å²) in [6.45, 7) is 3.03. The topological polar surface area (TPSA) is 52.2 Å². The molecule has 0 aliphatic heterocycles. The van der Waals surface area contributed by atoms with Crippen molar-refractivity contribution in [3.05, 3.63) is 36.0 Å². The molecule has 3 N–H and O–H groups in total. The highest BCUT2D eigenvalue weighted by atomic mass is 32.1. The number of H-pyrrole nitrogens is 1. The fourth-order valence-corrected chi connectivity index (χ4v) is 1.93. The third-order valence-corrected chi connectivity index (χ3v) is 3.04. The van der Waals surface area contributed by atoms with Gasteiger partial charge in [0.05, 0.1) is 6.21 Å². The molecule has 0 aliphatic rings. The average molecular weight is 274 g/mol. The van der Waals surface area contributed by atoms with Crippen molar-refractivity contribution >= 4 is 34.4 Å². The van der Waals surface area contributed by atoms with Crippen molar-refractivity contribution in [2.45, 2.75) is 19.8 Å². The number of rotatable bonds is 5. The second-order valence-electron chi connectivity index (χ2n) is 4.27. The summed E-state index contributed by atoms with van der Waals surface area (Å²) >= 11 is 5.11. The van der Waals surface area contributed by atoms with E-state index in [4.69, 9.17) is 12.2 Å². The van der Waals surface area contributed by atoms with Crippen molar-refractivity contribution in [2.75, 3.05) is 6.54 Å². The Morgan fingerprint density at radius 3 is 3.11 bits per heavy atom. The molecule has 2 aromatic rings. The Kier molecular flexibility index (Phi) is 4.92. The quantitative estimate of drug-likeness (QED) is 0.340. The second-order valence-corrected chi connectivity index (χ2v) is 4.68. The smallest absolute Gasteiger partial charge is 0.186 e. The normalized spacial score (nSPS) is 11.0. The maximum Gasteiger partial charge on any atom is 0.186 e. The summed E-state index contributed by atoms with van der Waals surface area (Å²) in [6, 6.07) is 8.12. The van der Waals surface area contributed by atoms with Crippen molar-refractivity contribution in [1.82, 2.24) is 15.7 Å². The van der Waals surface area contributed by atoms with Crippen LogP contribution in [0.2, 0.25) is 0 Å². The van der Waals surface area contributed by atoms with E-state index in [-0.39, 0.29) is 0 Å². The molecule has 1 aromatic carbocycles. The van der Waals surface area contributed by atoms with Crippen LogP contribution in [0.3, 0.4) is 0 Å². The van der Waals surface area contributed by atoms with Gasteiger partial charge in [-0.25, -0.2) is 0 Å². The first-order chi connectivity index (χ1) is 9.31. The van der Waals surface area contributed by atoms with Gasteiger partial charge in [0.15, 0.2) is 5.11 Å². The van der Waals surface area contributed by atoms with E-state index < -0.39 is 0 Å². The molecule has 0 amide bonds. The van der Waals surface area contributed by atoms with Crippen molar-refractivity contribution in [1.29, 1.82) is 0 Å². The molecule has 5 heteroatoms. The van der Waals surface area contributed by atoms with Crippen LogP contribution >= 0.6 is 12.2 Å². The average Bonchev–Trinajstić information content (AvgIpc) is 2.83. The SMILES string of the molecule is CCCCNC(=S)N/N=C/c1c[nH]c2ccccc12. The monoisotopic (exact) mass is 274 g/mol. The molecule has 19 heavy (non-hydrogen) atoms. The first-order valence-corrected chi connectivity index (χ1v) is 6.85. The summed E-state index contributed by atoms with van der Waals surface area (Å²) in [7, 11) is 0. The molecule has 0 spiro atoms. The first kappa shape index (κ1) is 13.5. The lowest BCUT2D eigenvalue weighted by atomic mass is 10.2. The van der Waals surface area contributed by atoms with Gasteiger partial charge in [0, 0.05) is 29.2 Å². The van der Waals surface area contributed by atoms with Gasteiger partial charge in [0.2, 0.25) is 0 Å². The minimum Gasteiger partial charge on any atom is -0.361 e. The first-order valence-electron chi connectivity index (χ1n) is 6.44. The maximum atomic E-state index is 5.11.